The highest BCUT2D eigenvalue weighted by Crippen LogP contribution is 2.08. The van der Waals surface area contributed by atoms with Crippen molar-refractivity contribution in [1.82, 2.24) is 25.3 Å². The van der Waals surface area contributed by atoms with E-state index in [4.69, 9.17) is 4.74 Å². The zero-order valence-electron chi connectivity index (χ0n) is 16.5. The molecule has 0 spiro atoms. The van der Waals surface area contributed by atoms with Crippen molar-refractivity contribution in [1.29, 1.82) is 0 Å². The molecule has 1 aliphatic heterocycles. The molecular weight excluding hydrogens is 467 g/mol. The predicted octanol–water partition coefficient (Wildman–Crippen LogP) is 2.27. The number of para-hydroxylation sites is 1. The molecule has 0 bridgehead atoms. The second-order valence-electron chi connectivity index (χ2n) is 6.56. The second-order valence-corrected chi connectivity index (χ2v) is 6.56. The maximum Gasteiger partial charge on any atom is 0.191 e. The van der Waals surface area contributed by atoms with Gasteiger partial charge in [0.15, 0.2) is 5.96 Å². The van der Waals surface area contributed by atoms with Crippen molar-refractivity contribution in [2.45, 2.75) is 19.9 Å². The zero-order chi connectivity index (χ0) is 18.7. The fourth-order valence-corrected chi connectivity index (χ4v) is 3.01. The summed E-state index contributed by atoms with van der Waals surface area (Å²) >= 11 is 0. The number of hydrogen-bond donors (Lipinski definition) is 2. The zero-order valence-corrected chi connectivity index (χ0v) is 18.8. The number of guanidine groups is 1. The lowest BCUT2D eigenvalue weighted by atomic mass is 10.3. The molecule has 154 valence electrons. The summed E-state index contributed by atoms with van der Waals surface area (Å²) in [6.45, 7) is 9.33. The van der Waals surface area contributed by atoms with Crippen molar-refractivity contribution in [3.63, 3.8) is 0 Å². The summed E-state index contributed by atoms with van der Waals surface area (Å²) in [7, 11) is 0. The van der Waals surface area contributed by atoms with Crippen molar-refractivity contribution in [2.75, 3.05) is 45.9 Å². The number of hydrogen-bond acceptors (Lipinski definition) is 4. The Labute approximate surface area is 184 Å². The van der Waals surface area contributed by atoms with E-state index in [2.05, 4.69) is 32.5 Å². The van der Waals surface area contributed by atoms with Gasteiger partial charge in [0.05, 0.1) is 31.6 Å². The Morgan fingerprint density at radius 2 is 1.96 bits per heavy atom. The number of morpholine rings is 1. The summed E-state index contributed by atoms with van der Waals surface area (Å²) in [5.74, 6) is 0.854. The van der Waals surface area contributed by atoms with Crippen LogP contribution in [0.3, 0.4) is 0 Å². The number of halogens is 1. The Hall–Kier alpha value is -1.65. The first kappa shape index (κ1) is 22.6. The molecule has 2 heterocycles. The van der Waals surface area contributed by atoms with E-state index in [0.29, 0.717) is 6.54 Å². The molecular formula is C20H31IN6O. The van der Waals surface area contributed by atoms with Crippen LogP contribution >= 0.6 is 24.0 Å². The van der Waals surface area contributed by atoms with Gasteiger partial charge in [0.2, 0.25) is 0 Å². The molecule has 1 aromatic heterocycles. The Morgan fingerprint density at radius 1 is 1.18 bits per heavy atom. The van der Waals surface area contributed by atoms with E-state index in [1.807, 2.05) is 47.4 Å². The van der Waals surface area contributed by atoms with Crippen LogP contribution in [-0.2, 0) is 11.3 Å². The number of aliphatic imine (C=N–C) groups is 1. The van der Waals surface area contributed by atoms with Crippen LogP contribution in [0.15, 0.2) is 47.7 Å². The second kappa shape index (κ2) is 12.7. The predicted molar refractivity (Wildman–Crippen MR) is 124 cm³/mol. The molecule has 8 heteroatoms. The quantitative estimate of drug-likeness (QED) is 0.253. The fourth-order valence-electron chi connectivity index (χ4n) is 3.01. The SMILES string of the molecule is CCNC(=NCc1cnn(-c2ccccc2)c1)NCCCN1CCOCC1.I. The molecule has 2 N–H and O–H groups in total. The average molecular weight is 498 g/mol. The summed E-state index contributed by atoms with van der Waals surface area (Å²) < 4.78 is 7.27. The summed E-state index contributed by atoms with van der Waals surface area (Å²) in [5, 5.41) is 11.2. The van der Waals surface area contributed by atoms with Gasteiger partial charge in [-0.3, -0.25) is 4.90 Å². The molecule has 1 aliphatic rings. The first-order valence-corrected chi connectivity index (χ1v) is 9.76. The molecule has 1 saturated heterocycles. The van der Waals surface area contributed by atoms with Crippen molar-refractivity contribution < 1.29 is 4.74 Å². The molecule has 0 aliphatic carbocycles. The summed E-state index contributed by atoms with van der Waals surface area (Å²) in [6, 6.07) is 10.1. The smallest absolute Gasteiger partial charge is 0.191 e. The highest BCUT2D eigenvalue weighted by atomic mass is 127. The number of ether oxygens (including phenoxy) is 1. The van der Waals surface area contributed by atoms with Gasteiger partial charge in [0.25, 0.3) is 0 Å². The van der Waals surface area contributed by atoms with Crippen LogP contribution < -0.4 is 10.6 Å². The molecule has 0 radical (unpaired) electrons. The van der Waals surface area contributed by atoms with Gasteiger partial charge in [-0.2, -0.15) is 5.10 Å². The number of nitrogens with one attached hydrogen (secondary N) is 2. The summed E-state index contributed by atoms with van der Waals surface area (Å²) in [5.41, 5.74) is 2.14. The highest BCUT2D eigenvalue weighted by Gasteiger charge is 2.09. The van der Waals surface area contributed by atoms with Crippen molar-refractivity contribution in [3.8, 4) is 5.69 Å². The fraction of sp³-hybridized carbons (Fsp3) is 0.500. The van der Waals surface area contributed by atoms with Gasteiger partial charge >= 0.3 is 0 Å². The molecule has 2 aromatic rings. The Bertz CT molecular complexity index is 700. The van der Waals surface area contributed by atoms with Crippen LogP contribution in [0.1, 0.15) is 18.9 Å². The Balaban J connectivity index is 0.00000280. The van der Waals surface area contributed by atoms with Gasteiger partial charge < -0.3 is 15.4 Å². The Kier molecular flexibility index (Phi) is 10.3. The van der Waals surface area contributed by atoms with E-state index in [1.165, 1.54) is 0 Å². The van der Waals surface area contributed by atoms with E-state index in [1.54, 1.807) is 0 Å². The number of nitrogens with zero attached hydrogens (tertiary/aromatic N) is 4. The van der Waals surface area contributed by atoms with E-state index < -0.39 is 0 Å². The highest BCUT2D eigenvalue weighted by molar-refractivity contribution is 14.0. The van der Waals surface area contributed by atoms with Gasteiger partial charge in [0.1, 0.15) is 0 Å². The Morgan fingerprint density at radius 3 is 2.71 bits per heavy atom. The maximum absolute atomic E-state index is 5.39. The van der Waals surface area contributed by atoms with Crippen LogP contribution in [-0.4, -0.2) is 66.6 Å². The lowest BCUT2D eigenvalue weighted by Gasteiger charge is -2.26. The molecule has 0 unspecified atom stereocenters. The maximum atomic E-state index is 5.39. The molecule has 28 heavy (non-hydrogen) atoms. The molecule has 1 aromatic carbocycles. The third-order valence-electron chi connectivity index (χ3n) is 4.47. The largest absolute Gasteiger partial charge is 0.379 e. The standard InChI is InChI=1S/C20H30N6O.HI/c1-2-21-20(22-9-6-10-25-11-13-27-14-12-25)23-15-18-16-24-26(17-18)19-7-4-3-5-8-19;/h3-5,7-8,16-17H,2,6,9-15H2,1H3,(H2,21,22,23);1H. The van der Waals surface area contributed by atoms with E-state index in [0.717, 1.165) is 69.6 Å². The van der Waals surface area contributed by atoms with Gasteiger partial charge in [0, 0.05) is 37.9 Å². The number of rotatable bonds is 8. The molecule has 1 fully saturated rings. The number of aromatic nitrogens is 2. The number of benzene rings is 1. The lowest BCUT2D eigenvalue weighted by Crippen LogP contribution is -2.40. The van der Waals surface area contributed by atoms with Crippen molar-refractivity contribution in [3.05, 3.63) is 48.3 Å². The van der Waals surface area contributed by atoms with Gasteiger partial charge in [-0.15, -0.1) is 24.0 Å². The van der Waals surface area contributed by atoms with Gasteiger partial charge in [-0.05, 0) is 32.0 Å². The van der Waals surface area contributed by atoms with Crippen molar-refractivity contribution >= 4 is 29.9 Å². The summed E-state index contributed by atoms with van der Waals surface area (Å²) in [6.07, 6.45) is 5.00. The van der Waals surface area contributed by atoms with E-state index in [-0.39, 0.29) is 24.0 Å². The summed E-state index contributed by atoms with van der Waals surface area (Å²) in [4.78, 5) is 7.13. The van der Waals surface area contributed by atoms with Crippen LogP contribution in [0.4, 0.5) is 0 Å². The molecule has 3 rings (SSSR count). The minimum absolute atomic E-state index is 0. The monoisotopic (exact) mass is 498 g/mol. The van der Waals surface area contributed by atoms with Gasteiger partial charge in [-0.1, -0.05) is 18.2 Å². The first-order chi connectivity index (χ1) is 13.3. The third kappa shape index (κ3) is 7.40. The van der Waals surface area contributed by atoms with Crippen LogP contribution in [0.2, 0.25) is 0 Å². The molecule has 0 amide bonds. The third-order valence-corrected chi connectivity index (χ3v) is 4.47. The van der Waals surface area contributed by atoms with E-state index in [9.17, 15) is 0 Å². The van der Waals surface area contributed by atoms with Gasteiger partial charge in [-0.25, -0.2) is 9.67 Å². The lowest BCUT2D eigenvalue weighted by molar-refractivity contribution is 0.0376. The van der Waals surface area contributed by atoms with Crippen molar-refractivity contribution in [2.24, 2.45) is 4.99 Å². The molecule has 7 nitrogen and oxygen atoms in total. The van der Waals surface area contributed by atoms with Crippen LogP contribution in [0, 0.1) is 0 Å². The van der Waals surface area contributed by atoms with Crippen LogP contribution in [0.25, 0.3) is 5.69 Å². The topological polar surface area (TPSA) is 66.7 Å². The van der Waals surface area contributed by atoms with Crippen LogP contribution in [0.5, 0.6) is 0 Å². The van der Waals surface area contributed by atoms with E-state index >= 15 is 0 Å². The molecule has 0 saturated carbocycles. The normalized spacial score (nSPS) is 15.1. The average Bonchev–Trinajstić information content (AvgIpc) is 3.20. The first-order valence-electron chi connectivity index (χ1n) is 9.76. The molecule has 0 atom stereocenters. The minimum Gasteiger partial charge on any atom is -0.379 e. The minimum atomic E-state index is 0.